The number of hydrogen-bond acceptors (Lipinski definition) is 4. The molecular weight excluding hydrogens is 353 g/mol. The van der Waals surface area contributed by atoms with Crippen molar-refractivity contribution in [2.75, 3.05) is 5.32 Å². The minimum atomic E-state index is -0.521. The molecule has 0 saturated heterocycles. The van der Waals surface area contributed by atoms with Crippen molar-refractivity contribution in [1.82, 2.24) is 4.98 Å². The summed E-state index contributed by atoms with van der Waals surface area (Å²) in [6, 6.07) is 6.59. The molecule has 0 bridgehead atoms. The zero-order valence-corrected chi connectivity index (χ0v) is 14.2. The second kappa shape index (κ2) is 6.71. The van der Waals surface area contributed by atoms with Crippen LogP contribution in [0.1, 0.15) is 29.5 Å². The summed E-state index contributed by atoms with van der Waals surface area (Å²) in [5.74, 6) is 0.0296. The van der Waals surface area contributed by atoms with Gasteiger partial charge in [-0.15, -0.1) is 11.3 Å². The second-order valence-electron chi connectivity index (χ2n) is 5.17. The molecule has 7 heteroatoms. The van der Waals surface area contributed by atoms with Gasteiger partial charge < -0.3 is 5.32 Å². The van der Waals surface area contributed by atoms with Crippen molar-refractivity contribution >= 4 is 52.2 Å². The summed E-state index contributed by atoms with van der Waals surface area (Å²) in [6.07, 6.45) is 3.82. The number of nitrogens with one attached hydrogen (secondary N) is 1. The molecule has 4 nitrogen and oxygen atoms in total. The molecule has 3 rings (SSSR count). The van der Waals surface area contributed by atoms with E-state index >= 15 is 0 Å². The quantitative estimate of drug-likeness (QED) is 0.622. The van der Waals surface area contributed by atoms with Crippen LogP contribution in [0.25, 0.3) is 6.08 Å². The van der Waals surface area contributed by atoms with Crippen molar-refractivity contribution in [3.05, 3.63) is 49.9 Å². The van der Waals surface area contributed by atoms with Crippen LogP contribution in [0.4, 0.5) is 5.69 Å². The zero-order chi connectivity index (χ0) is 16.4. The van der Waals surface area contributed by atoms with Gasteiger partial charge in [0.15, 0.2) is 0 Å². The molecule has 1 fully saturated rings. The highest BCUT2D eigenvalue weighted by molar-refractivity contribution is 7.09. The van der Waals surface area contributed by atoms with Gasteiger partial charge in [0.25, 0.3) is 5.91 Å². The fourth-order valence-corrected chi connectivity index (χ4v) is 3.48. The van der Waals surface area contributed by atoms with Crippen molar-refractivity contribution < 1.29 is 4.79 Å². The van der Waals surface area contributed by atoms with Crippen molar-refractivity contribution in [2.45, 2.75) is 18.8 Å². The molecule has 2 aromatic rings. The van der Waals surface area contributed by atoms with Gasteiger partial charge in [-0.2, -0.15) is 5.26 Å². The number of nitriles is 1. The number of benzene rings is 1. The van der Waals surface area contributed by atoms with E-state index < -0.39 is 5.91 Å². The van der Waals surface area contributed by atoms with Crippen LogP contribution in [0.3, 0.4) is 0 Å². The molecule has 0 unspecified atom stereocenters. The van der Waals surface area contributed by atoms with E-state index in [4.69, 9.17) is 23.2 Å². The first-order valence-corrected chi connectivity index (χ1v) is 8.53. The Morgan fingerprint density at radius 1 is 1.35 bits per heavy atom. The third-order valence-electron chi connectivity index (χ3n) is 3.24. The van der Waals surface area contributed by atoms with Gasteiger partial charge in [-0.3, -0.25) is 4.79 Å². The molecule has 1 amide bonds. The average molecular weight is 364 g/mol. The normalized spacial score (nSPS) is 14.4. The number of anilines is 1. The molecule has 1 N–H and O–H groups in total. The summed E-state index contributed by atoms with van der Waals surface area (Å²) in [5, 5.41) is 15.6. The molecule has 1 heterocycles. The van der Waals surface area contributed by atoms with Crippen LogP contribution < -0.4 is 5.32 Å². The first kappa shape index (κ1) is 16.0. The second-order valence-corrected chi connectivity index (χ2v) is 6.93. The van der Waals surface area contributed by atoms with E-state index in [0.717, 1.165) is 17.8 Å². The van der Waals surface area contributed by atoms with Gasteiger partial charge in [0.05, 0.1) is 10.7 Å². The summed E-state index contributed by atoms with van der Waals surface area (Å²) in [6.45, 7) is 0. The number of aromatic nitrogens is 1. The Morgan fingerprint density at radius 2 is 2.04 bits per heavy atom. The van der Waals surface area contributed by atoms with E-state index in [2.05, 4.69) is 10.3 Å². The summed E-state index contributed by atoms with van der Waals surface area (Å²) in [5.41, 5.74) is 1.05. The van der Waals surface area contributed by atoms with Crippen LogP contribution in [0.15, 0.2) is 29.2 Å². The smallest absolute Gasteiger partial charge is 0.266 e. The minimum absolute atomic E-state index is 0.0197. The van der Waals surface area contributed by atoms with Gasteiger partial charge >= 0.3 is 0 Å². The number of carbonyl (C=O) groups is 1. The monoisotopic (exact) mass is 363 g/mol. The van der Waals surface area contributed by atoms with Crippen LogP contribution in [0.2, 0.25) is 10.0 Å². The zero-order valence-electron chi connectivity index (χ0n) is 11.8. The van der Waals surface area contributed by atoms with E-state index in [9.17, 15) is 10.1 Å². The number of rotatable bonds is 4. The van der Waals surface area contributed by atoms with Gasteiger partial charge in [-0.1, -0.05) is 23.2 Å². The number of thiazole rings is 1. The van der Waals surface area contributed by atoms with Gasteiger partial charge in [-0.05, 0) is 37.1 Å². The Morgan fingerprint density at radius 3 is 2.65 bits per heavy atom. The number of nitrogens with zero attached hydrogens (tertiary/aromatic N) is 2. The lowest BCUT2D eigenvalue weighted by Gasteiger charge is -2.05. The highest BCUT2D eigenvalue weighted by atomic mass is 35.5. The third kappa shape index (κ3) is 4.11. The van der Waals surface area contributed by atoms with Gasteiger partial charge in [0, 0.05) is 27.0 Å². The Kier molecular flexibility index (Phi) is 4.67. The highest BCUT2D eigenvalue weighted by Gasteiger charge is 2.26. The lowest BCUT2D eigenvalue weighted by atomic mass is 10.2. The standard InChI is InChI=1S/C16H11Cl2N3OS/c17-11-4-12(18)6-13(5-11)20-15(22)10(7-19)3-14-8-23-16(21-14)9-1-2-9/h3-6,8-9H,1-2H2,(H,20,22). The molecule has 0 atom stereocenters. The molecule has 23 heavy (non-hydrogen) atoms. The average Bonchev–Trinajstić information content (AvgIpc) is 3.23. The van der Waals surface area contributed by atoms with Gasteiger partial charge in [0.2, 0.25) is 0 Å². The molecule has 0 radical (unpaired) electrons. The fraction of sp³-hybridized carbons (Fsp3) is 0.188. The van der Waals surface area contributed by atoms with E-state index in [1.807, 2.05) is 11.4 Å². The molecule has 1 aromatic heterocycles. The van der Waals surface area contributed by atoms with Crippen LogP contribution in [-0.4, -0.2) is 10.9 Å². The summed E-state index contributed by atoms with van der Waals surface area (Å²) in [7, 11) is 0. The van der Waals surface area contributed by atoms with E-state index in [-0.39, 0.29) is 5.57 Å². The SMILES string of the molecule is N#CC(=Cc1csc(C2CC2)n1)C(=O)Nc1cc(Cl)cc(Cl)c1. The molecule has 1 aromatic carbocycles. The largest absolute Gasteiger partial charge is 0.321 e. The Hall–Kier alpha value is -1.87. The molecule has 0 spiro atoms. The topological polar surface area (TPSA) is 65.8 Å². The predicted octanol–water partition coefficient (Wildman–Crippen LogP) is 4.87. The highest BCUT2D eigenvalue weighted by Crippen LogP contribution is 2.41. The molecule has 1 aliphatic rings. The maximum absolute atomic E-state index is 12.2. The van der Waals surface area contributed by atoms with Gasteiger partial charge in [0.1, 0.15) is 11.6 Å². The molecule has 116 valence electrons. The van der Waals surface area contributed by atoms with Crippen molar-refractivity contribution in [2.24, 2.45) is 0 Å². The summed E-state index contributed by atoms with van der Waals surface area (Å²) in [4.78, 5) is 16.7. The first-order chi connectivity index (χ1) is 11.0. The van der Waals surface area contributed by atoms with Gasteiger partial charge in [-0.25, -0.2) is 4.98 Å². The number of halogens is 2. The van der Waals surface area contributed by atoms with Crippen LogP contribution >= 0.6 is 34.5 Å². The van der Waals surface area contributed by atoms with Crippen LogP contribution in [0.5, 0.6) is 0 Å². The predicted molar refractivity (Wildman–Crippen MR) is 92.8 cm³/mol. The van der Waals surface area contributed by atoms with Crippen molar-refractivity contribution in [1.29, 1.82) is 5.26 Å². The molecular formula is C16H11Cl2N3OS. The Labute approximate surface area is 147 Å². The van der Waals surface area contributed by atoms with E-state index in [1.54, 1.807) is 29.5 Å². The van der Waals surface area contributed by atoms with E-state index in [0.29, 0.717) is 27.3 Å². The van der Waals surface area contributed by atoms with Crippen molar-refractivity contribution in [3.63, 3.8) is 0 Å². The van der Waals surface area contributed by atoms with Crippen molar-refractivity contribution in [3.8, 4) is 6.07 Å². The molecule has 1 saturated carbocycles. The van der Waals surface area contributed by atoms with Crippen LogP contribution in [-0.2, 0) is 4.79 Å². The first-order valence-electron chi connectivity index (χ1n) is 6.90. The minimum Gasteiger partial charge on any atom is -0.321 e. The van der Waals surface area contributed by atoms with E-state index in [1.165, 1.54) is 6.08 Å². The molecule has 0 aliphatic heterocycles. The number of carbonyl (C=O) groups excluding carboxylic acids is 1. The maximum Gasteiger partial charge on any atom is 0.266 e. The third-order valence-corrected chi connectivity index (χ3v) is 4.71. The summed E-state index contributed by atoms with van der Waals surface area (Å²) >= 11 is 13.3. The summed E-state index contributed by atoms with van der Waals surface area (Å²) < 4.78 is 0. The Bertz CT molecular complexity index is 814. The van der Waals surface area contributed by atoms with Crippen LogP contribution in [0, 0.1) is 11.3 Å². The maximum atomic E-state index is 12.2. The lowest BCUT2D eigenvalue weighted by molar-refractivity contribution is -0.112. The molecule has 1 aliphatic carbocycles. The fourth-order valence-electron chi connectivity index (χ4n) is 2.01. The lowest BCUT2D eigenvalue weighted by Crippen LogP contribution is -2.13. The number of amides is 1. The Balaban J connectivity index is 1.77. The number of hydrogen-bond donors (Lipinski definition) is 1.